The maximum Gasteiger partial charge on any atom is 0.306 e. The summed E-state index contributed by atoms with van der Waals surface area (Å²) in [5.41, 5.74) is -0.490. The normalized spacial score (nSPS) is 14.3. The van der Waals surface area contributed by atoms with E-state index < -0.39 is 41.1 Å². The first-order valence-electron chi connectivity index (χ1n) is 9.65. The number of carbonyl (C=O) groups excluding carboxylic acids is 3. The van der Waals surface area contributed by atoms with Crippen LogP contribution in [0.2, 0.25) is 0 Å². The third-order valence-corrected chi connectivity index (χ3v) is 5.46. The summed E-state index contributed by atoms with van der Waals surface area (Å²) < 4.78 is 15.5. The Labute approximate surface area is 181 Å². The summed E-state index contributed by atoms with van der Waals surface area (Å²) in [5, 5.41) is 11.1. The Balaban J connectivity index is 1.98. The van der Waals surface area contributed by atoms with Gasteiger partial charge in [0.1, 0.15) is 17.1 Å². The van der Waals surface area contributed by atoms with Crippen molar-refractivity contribution < 1.29 is 33.4 Å². The van der Waals surface area contributed by atoms with Gasteiger partial charge in [-0.1, -0.05) is 24.3 Å². The number of esters is 1. The van der Waals surface area contributed by atoms with Crippen molar-refractivity contribution in [3.05, 3.63) is 81.2 Å². The zero-order valence-corrected chi connectivity index (χ0v) is 17.2. The van der Waals surface area contributed by atoms with E-state index in [0.717, 1.165) is 13.4 Å². The van der Waals surface area contributed by atoms with Crippen LogP contribution in [0.1, 0.15) is 33.8 Å². The Morgan fingerprint density at radius 1 is 1.03 bits per heavy atom. The largest absolute Gasteiger partial charge is 0.507 e. The molecule has 0 radical (unpaired) electrons. The zero-order chi connectivity index (χ0) is 23.0. The molecule has 1 N–H and O–H groups in total. The molecule has 1 aliphatic rings. The highest BCUT2D eigenvalue weighted by molar-refractivity contribution is 6.52. The lowest BCUT2D eigenvalue weighted by Gasteiger charge is -2.24. The number of rotatable bonds is 5. The van der Waals surface area contributed by atoms with E-state index in [1.165, 1.54) is 25.3 Å². The zero-order valence-electron chi connectivity index (χ0n) is 17.2. The number of hydrogen-bond acceptors (Lipinski definition) is 8. The summed E-state index contributed by atoms with van der Waals surface area (Å²) in [6, 6.07) is 10.7. The summed E-state index contributed by atoms with van der Waals surface area (Å²) >= 11 is 0. The monoisotopic (exact) mass is 434 g/mol. The fraction of sp³-hybridized carbons (Fsp3) is 0.167. The lowest BCUT2D eigenvalue weighted by molar-refractivity contribution is -0.140. The molecule has 0 spiro atoms. The van der Waals surface area contributed by atoms with Gasteiger partial charge in [0.25, 0.3) is 0 Å². The lowest BCUT2D eigenvalue weighted by atomic mass is 9.78. The van der Waals surface area contributed by atoms with Crippen LogP contribution in [0.3, 0.4) is 0 Å². The number of hydrogen-bond donors (Lipinski definition) is 1. The molecular formula is C24H18O8. The molecule has 0 aliphatic heterocycles. The average molecular weight is 434 g/mol. The van der Waals surface area contributed by atoms with E-state index in [1.54, 1.807) is 24.3 Å². The summed E-state index contributed by atoms with van der Waals surface area (Å²) in [6.45, 7) is 0. The predicted octanol–water partition coefficient (Wildman–Crippen LogP) is 3.18. The minimum Gasteiger partial charge on any atom is -0.507 e. The standard InChI is InChI=1S/C24H18O8/c1-30-12-7-8-18-16(9-12)21(26)17(11-32-18)15(10-19(25)31-2)20-22(27)13-5-3-4-6-14(13)23(28)24(20)29/h3-9,11,15,27H,10H2,1-2H3. The van der Waals surface area contributed by atoms with E-state index in [0.29, 0.717) is 5.75 Å². The lowest BCUT2D eigenvalue weighted by Crippen LogP contribution is -2.30. The average Bonchev–Trinajstić information content (AvgIpc) is 2.82. The fourth-order valence-corrected chi connectivity index (χ4v) is 3.82. The number of ether oxygens (including phenoxy) is 2. The summed E-state index contributed by atoms with van der Waals surface area (Å²) in [5.74, 6) is -3.90. The first-order valence-corrected chi connectivity index (χ1v) is 9.65. The molecule has 1 atom stereocenters. The number of fused-ring (bicyclic) bond motifs is 2. The Bertz CT molecular complexity index is 1360. The quantitative estimate of drug-likeness (QED) is 0.480. The van der Waals surface area contributed by atoms with Gasteiger partial charge in [0.15, 0.2) is 5.43 Å². The van der Waals surface area contributed by atoms with Crippen molar-refractivity contribution in [1.82, 2.24) is 0 Å². The Morgan fingerprint density at radius 2 is 1.75 bits per heavy atom. The van der Waals surface area contributed by atoms with Gasteiger partial charge in [0.05, 0.1) is 37.9 Å². The third kappa shape index (κ3) is 3.35. The van der Waals surface area contributed by atoms with Crippen LogP contribution in [-0.2, 0) is 14.3 Å². The van der Waals surface area contributed by atoms with Gasteiger partial charge in [-0.05, 0) is 18.2 Å². The van der Waals surface area contributed by atoms with Crippen LogP contribution in [-0.4, -0.2) is 36.9 Å². The van der Waals surface area contributed by atoms with Crippen LogP contribution in [0, 0.1) is 0 Å². The number of Topliss-reactive ketones (excluding diaryl/α,β-unsaturated/α-hetero) is 2. The molecule has 8 heteroatoms. The molecule has 0 fully saturated rings. The summed E-state index contributed by atoms with van der Waals surface area (Å²) in [6.07, 6.45) is 0.667. The van der Waals surface area contributed by atoms with E-state index in [9.17, 15) is 24.3 Å². The minimum absolute atomic E-state index is 0.0471. The van der Waals surface area contributed by atoms with Crippen molar-refractivity contribution in [2.75, 3.05) is 14.2 Å². The highest BCUT2D eigenvalue weighted by Gasteiger charge is 2.39. The SMILES string of the molecule is COC(=O)CC(C1=C(O)c2ccccc2C(=O)C1=O)c1coc2ccc(OC)cc2c1=O. The second kappa shape index (κ2) is 8.14. The van der Waals surface area contributed by atoms with Gasteiger partial charge in [-0.2, -0.15) is 0 Å². The second-order valence-corrected chi connectivity index (χ2v) is 7.18. The number of aliphatic hydroxyl groups is 1. The van der Waals surface area contributed by atoms with E-state index in [2.05, 4.69) is 0 Å². The van der Waals surface area contributed by atoms with E-state index in [4.69, 9.17) is 13.9 Å². The van der Waals surface area contributed by atoms with Crippen LogP contribution in [0.5, 0.6) is 5.75 Å². The number of carbonyl (C=O) groups is 3. The van der Waals surface area contributed by atoms with Gasteiger partial charge in [0.2, 0.25) is 11.6 Å². The Kier molecular flexibility index (Phi) is 5.36. The van der Waals surface area contributed by atoms with Crippen LogP contribution in [0.4, 0.5) is 0 Å². The molecule has 8 nitrogen and oxygen atoms in total. The third-order valence-electron chi connectivity index (χ3n) is 5.46. The van der Waals surface area contributed by atoms with Gasteiger partial charge in [0, 0.05) is 22.6 Å². The van der Waals surface area contributed by atoms with Gasteiger partial charge < -0.3 is 19.0 Å². The molecule has 4 rings (SSSR count). The second-order valence-electron chi connectivity index (χ2n) is 7.18. The molecule has 0 amide bonds. The maximum absolute atomic E-state index is 13.3. The van der Waals surface area contributed by atoms with E-state index >= 15 is 0 Å². The molecule has 0 saturated heterocycles. The Hall–Kier alpha value is -4.20. The molecule has 1 aliphatic carbocycles. The van der Waals surface area contributed by atoms with Crippen LogP contribution >= 0.6 is 0 Å². The molecule has 3 aromatic rings. The molecule has 2 aromatic carbocycles. The van der Waals surface area contributed by atoms with Crippen molar-refractivity contribution >= 4 is 34.3 Å². The van der Waals surface area contributed by atoms with Crippen LogP contribution in [0.15, 0.2) is 63.5 Å². The number of benzene rings is 2. The van der Waals surface area contributed by atoms with Gasteiger partial charge >= 0.3 is 5.97 Å². The number of methoxy groups -OCH3 is 2. The van der Waals surface area contributed by atoms with Gasteiger partial charge in [-0.3, -0.25) is 19.2 Å². The first-order chi connectivity index (χ1) is 15.4. The number of allylic oxidation sites excluding steroid dienone is 1. The van der Waals surface area contributed by atoms with Gasteiger partial charge in [-0.15, -0.1) is 0 Å². The minimum atomic E-state index is -1.26. The molecule has 32 heavy (non-hydrogen) atoms. The maximum atomic E-state index is 13.3. The molecule has 1 aromatic heterocycles. The molecule has 162 valence electrons. The highest BCUT2D eigenvalue weighted by Crippen LogP contribution is 2.38. The van der Waals surface area contributed by atoms with Crippen molar-refractivity contribution in [1.29, 1.82) is 0 Å². The first kappa shape index (κ1) is 21.0. The van der Waals surface area contributed by atoms with Crippen LogP contribution in [0.25, 0.3) is 16.7 Å². The van der Waals surface area contributed by atoms with Crippen molar-refractivity contribution in [3.8, 4) is 5.75 Å². The molecule has 0 saturated carbocycles. The molecule has 0 bridgehead atoms. The van der Waals surface area contributed by atoms with Crippen molar-refractivity contribution in [2.45, 2.75) is 12.3 Å². The predicted molar refractivity (Wildman–Crippen MR) is 114 cm³/mol. The Morgan fingerprint density at radius 3 is 2.44 bits per heavy atom. The van der Waals surface area contributed by atoms with Crippen molar-refractivity contribution in [2.24, 2.45) is 0 Å². The topological polar surface area (TPSA) is 120 Å². The number of ketones is 2. The highest BCUT2D eigenvalue weighted by atomic mass is 16.5. The van der Waals surface area contributed by atoms with E-state index in [-0.39, 0.29) is 33.2 Å². The molecule has 1 unspecified atom stereocenters. The van der Waals surface area contributed by atoms with E-state index in [1.807, 2.05) is 0 Å². The summed E-state index contributed by atoms with van der Waals surface area (Å²) in [4.78, 5) is 51.2. The smallest absolute Gasteiger partial charge is 0.306 e. The summed E-state index contributed by atoms with van der Waals surface area (Å²) in [7, 11) is 2.60. The molecular weight excluding hydrogens is 416 g/mol. The fourth-order valence-electron chi connectivity index (χ4n) is 3.82. The van der Waals surface area contributed by atoms with Crippen molar-refractivity contribution in [3.63, 3.8) is 0 Å². The number of aliphatic hydroxyl groups excluding tert-OH is 1. The van der Waals surface area contributed by atoms with Gasteiger partial charge in [-0.25, -0.2) is 0 Å². The molecule has 1 heterocycles. The van der Waals surface area contributed by atoms with Crippen LogP contribution < -0.4 is 10.2 Å².